The number of hydrogen-bond acceptors (Lipinski definition) is 8. The van der Waals surface area contributed by atoms with E-state index in [1.54, 1.807) is 18.3 Å². The molecular formula is C20H17BrF2N6O4S. The topological polar surface area (TPSA) is 132 Å². The molecule has 178 valence electrons. The van der Waals surface area contributed by atoms with Crippen molar-refractivity contribution in [2.75, 3.05) is 18.9 Å². The quantitative estimate of drug-likeness (QED) is 0.336. The molecular weight excluding hydrogens is 538 g/mol. The number of sulfonamides is 1. The van der Waals surface area contributed by atoms with E-state index in [1.165, 1.54) is 32.8 Å². The summed E-state index contributed by atoms with van der Waals surface area (Å²) in [4.78, 5) is 19.1. The first-order valence-electron chi connectivity index (χ1n) is 9.61. The third kappa shape index (κ3) is 4.50. The van der Waals surface area contributed by atoms with E-state index in [-0.39, 0.29) is 22.2 Å². The second-order valence-corrected chi connectivity index (χ2v) is 9.34. The van der Waals surface area contributed by atoms with Crippen molar-refractivity contribution in [3.05, 3.63) is 47.0 Å². The van der Waals surface area contributed by atoms with Crippen LogP contribution in [0.5, 0.6) is 11.8 Å². The van der Waals surface area contributed by atoms with E-state index in [4.69, 9.17) is 9.47 Å². The number of halogens is 3. The van der Waals surface area contributed by atoms with Crippen LogP contribution in [0.25, 0.3) is 22.2 Å². The van der Waals surface area contributed by atoms with Crippen LogP contribution in [0, 0.1) is 0 Å². The van der Waals surface area contributed by atoms with Crippen LogP contribution >= 0.6 is 15.9 Å². The van der Waals surface area contributed by atoms with Crippen LogP contribution in [0.15, 0.2) is 46.3 Å². The molecule has 10 nitrogen and oxygen atoms in total. The zero-order chi connectivity index (χ0) is 24.5. The molecule has 0 amide bonds. The van der Waals surface area contributed by atoms with Crippen LogP contribution in [0.3, 0.4) is 0 Å². The van der Waals surface area contributed by atoms with Crippen molar-refractivity contribution >= 4 is 42.8 Å². The number of nitrogens with zero attached hydrogens (tertiary/aromatic N) is 4. The molecule has 0 aliphatic rings. The average molecular weight is 555 g/mol. The van der Waals surface area contributed by atoms with Crippen LogP contribution < -0.4 is 14.2 Å². The average Bonchev–Trinajstić information content (AvgIpc) is 3.24. The van der Waals surface area contributed by atoms with Crippen molar-refractivity contribution in [3.63, 3.8) is 0 Å². The van der Waals surface area contributed by atoms with Gasteiger partial charge in [-0.1, -0.05) is 22.0 Å². The van der Waals surface area contributed by atoms with Gasteiger partial charge in [0.15, 0.2) is 0 Å². The molecule has 0 fully saturated rings. The van der Waals surface area contributed by atoms with Gasteiger partial charge in [0.25, 0.3) is 10.0 Å². The van der Waals surface area contributed by atoms with Crippen molar-refractivity contribution in [2.45, 2.75) is 17.7 Å². The van der Waals surface area contributed by atoms with Gasteiger partial charge in [0.1, 0.15) is 4.90 Å². The van der Waals surface area contributed by atoms with Gasteiger partial charge in [0.05, 0.1) is 37.2 Å². The van der Waals surface area contributed by atoms with E-state index in [0.717, 1.165) is 0 Å². The number of aromatic nitrogens is 5. The van der Waals surface area contributed by atoms with E-state index in [1.807, 2.05) is 0 Å². The lowest BCUT2D eigenvalue weighted by molar-refractivity contribution is 0.146. The minimum absolute atomic E-state index is 0.0755. The number of hydrogen-bond donors (Lipinski definition) is 2. The predicted molar refractivity (Wildman–Crippen MR) is 123 cm³/mol. The molecule has 0 radical (unpaired) electrons. The van der Waals surface area contributed by atoms with E-state index in [2.05, 4.69) is 45.6 Å². The fraction of sp³-hybridized carbons (Fsp3) is 0.200. The standard InChI is InChI=1S/C20H17BrF2N6O4S/c1-32-18-11(7-15(22)23)19(33-2)28-20(27-18)29-34(30,31)14-9-26-17-10(14)3-4-12(21)16(17)13-8-24-5-6-25-13/h3-6,8-9,15,26H,7H2,1-2H3,(H,27,28,29). The smallest absolute Gasteiger partial charge is 0.266 e. The van der Waals surface area contributed by atoms with Crippen molar-refractivity contribution in [2.24, 2.45) is 0 Å². The van der Waals surface area contributed by atoms with Crippen molar-refractivity contribution in [1.82, 2.24) is 24.9 Å². The molecule has 0 saturated heterocycles. The van der Waals surface area contributed by atoms with Gasteiger partial charge in [-0.3, -0.25) is 9.97 Å². The summed E-state index contributed by atoms with van der Waals surface area (Å²) in [6.45, 7) is 0. The Morgan fingerprint density at radius 2 is 1.85 bits per heavy atom. The Hall–Kier alpha value is -3.39. The molecule has 0 atom stereocenters. The summed E-state index contributed by atoms with van der Waals surface area (Å²) in [5.74, 6) is -0.845. The van der Waals surface area contributed by atoms with E-state index < -0.39 is 28.8 Å². The van der Waals surface area contributed by atoms with Crippen LogP contribution in [-0.4, -0.2) is 54.0 Å². The Balaban J connectivity index is 1.77. The molecule has 0 unspecified atom stereocenters. The molecule has 0 aliphatic carbocycles. The largest absolute Gasteiger partial charge is 0.481 e. The van der Waals surface area contributed by atoms with Crippen molar-refractivity contribution < 1.29 is 26.7 Å². The van der Waals surface area contributed by atoms with Gasteiger partial charge in [-0.05, 0) is 6.07 Å². The van der Waals surface area contributed by atoms with Crippen molar-refractivity contribution in [3.8, 4) is 23.0 Å². The van der Waals surface area contributed by atoms with E-state index >= 15 is 0 Å². The van der Waals surface area contributed by atoms with Crippen molar-refractivity contribution in [1.29, 1.82) is 0 Å². The Morgan fingerprint density at radius 1 is 1.15 bits per heavy atom. The summed E-state index contributed by atoms with van der Waals surface area (Å²) in [5.41, 5.74) is 1.60. The van der Waals surface area contributed by atoms with Crippen LogP contribution in [0.2, 0.25) is 0 Å². The molecule has 1 aromatic carbocycles. The lowest BCUT2D eigenvalue weighted by Crippen LogP contribution is -2.16. The molecule has 4 aromatic rings. The second kappa shape index (κ2) is 9.46. The van der Waals surface area contributed by atoms with E-state index in [9.17, 15) is 17.2 Å². The summed E-state index contributed by atoms with van der Waals surface area (Å²) in [5, 5.41) is 0.379. The molecule has 14 heteroatoms. The maximum atomic E-state index is 13.2. The fourth-order valence-electron chi connectivity index (χ4n) is 3.38. The molecule has 0 bridgehead atoms. The Labute approximate surface area is 201 Å². The highest BCUT2D eigenvalue weighted by Crippen LogP contribution is 2.37. The Morgan fingerprint density at radius 3 is 2.44 bits per heavy atom. The number of ether oxygens (including phenoxy) is 2. The molecule has 3 aromatic heterocycles. The zero-order valence-electron chi connectivity index (χ0n) is 17.7. The number of H-pyrrole nitrogens is 1. The monoisotopic (exact) mass is 554 g/mol. The first-order chi connectivity index (χ1) is 16.2. The highest BCUT2D eigenvalue weighted by atomic mass is 79.9. The molecule has 4 rings (SSSR count). The first-order valence-corrected chi connectivity index (χ1v) is 11.9. The second-order valence-electron chi connectivity index (χ2n) is 6.83. The number of methoxy groups -OCH3 is 2. The number of anilines is 1. The summed E-state index contributed by atoms with van der Waals surface area (Å²) < 4.78 is 65.4. The number of benzene rings is 1. The maximum absolute atomic E-state index is 13.2. The summed E-state index contributed by atoms with van der Waals surface area (Å²) in [7, 11) is -1.77. The normalized spacial score (nSPS) is 11.7. The summed E-state index contributed by atoms with van der Waals surface area (Å²) in [6, 6.07) is 3.32. The number of fused-ring (bicyclic) bond motifs is 1. The van der Waals surface area contributed by atoms with Crippen LogP contribution in [0.1, 0.15) is 5.56 Å². The summed E-state index contributed by atoms with van der Waals surface area (Å²) >= 11 is 3.47. The maximum Gasteiger partial charge on any atom is 0.266 e. The number of aromatic amines is 1. The third-order valence-electron chi connectivity index (χ3n) is 4.78. The number of rotatable bonds is 8. The van der Waals surface area contributed by atoms with Gasteiger partial charge in [0, 0.05) is 40.4 Å². The molecule has 3 heterocycles. The zero-order valence-corrected chi connectivity index (χ0v) is 20.1. The Bertz CT molecular complexity index is 1430. The van der Waals surface area contributed by atoms with Gasteiger partial charge in [0.2, 0.25) is 24.1 Å². The SMILES string of the molecule is COc1nc(NS(=O)(=O)c2c[nH]c3c(-c4cnccn4)c(Br)ccc23)nc(OC)c1CC(F)F. The van der Waals surface area contributed by atoms with Gasteiger partial charge in [-0.2, -0.15) is 9.97 Å². The molecule has 34 heavy (non-hydrogen) atoms. The first kappa shape index (κ1) is 23.8. The Kier molecular flexibility index (Phi) is 6.61. The fourth-order valence-corrected chi connectivity index (χ4v) is 5.03. The highest BCUT2D eigenvalue weighted by Gasteiger charge is 2.26. The lowest BCUT2D eigenvalue weighted by Gasteiger charge is -2.14. The molecule has 0 saturated carbocycles. The third-order valence-corrected chi connectivity index (χ3v) is 6.81. The molecule has 0 aliphatic heterocycles. The predicted octanol–water partition coefficient (Wildman–Crippen LogP) is 3.80. The van der Waals surface area contributed by atoms with Gasteiger partial charge < -0.3 is 14.5 Å². The minimum atomic E-state index is -4.21. The van der Waals surface area contributed by atoms with Gasteiger partial charge in [-0.15, -0.1) is 0 Å². The van der Waals surface area contributed by atoms with Gasteiger partial charge in [-0.25, -0.2) is 21.9 Å². The molecule has 0 spiro atoms. The highest BCUT2D eigenvalue weighted by molar-refractivity contribution is 9.10. The lowest BCUT2D eigenvalue weighted by atomic mass is 10.1. The van der Waals surface area contributed by atoms with E-state index in [0.29, 0.717) is 26.6 Å². The number of alkyl halides is 2. The van der Waals surface area contributed by atoms with Crippen LogP contribution in [-0.2, 0) is 16.4 Å². The summed E-state index contributed by atoms with van der Waals surface area (Å²) in [6.07, 6.45) is 2.50. The number of nitrogens with one attached hydrogen (secondary N) is 2. The minimum Gasteiger partial charge on any atom is -0.481 e. The molecule has 2 N–H and O–H groups in total. The van der Waals surface area contributed by atoms with Gasteiger partial charge >= 0.3 is 0 Å². The van der Waals surface area contributed by atoms with Crippen LogP contribution in [0.4, 0.5) is 14.7 Å².